The van der Waals surface area contributed by atoms with Crippen molar-refractivity contribution in [1.82, 2.24) is 24.5 Å². The third-order valence-electron chi connectivity index (χ3n) is 6.54. The van der Waals surface area contributed by atoms with E-state index in [9.17, 15) is 4.79 Å². The summed E-state index contributed by atoms with van der Waals surface area (Å²) in [6.45, 7) is 4.46. The minimum absolute atomic E-state index is 0.140. The summed E-state index contributed by atoms with van der Waals surface area (Å²) in [7, 11) is 0. The zero-order valence-electron chi connectivity index (χ0n) is 19.7. The summed E-state index contributed by atoms with van der Waals surface area (Å²) >= 11 is 6.06. The van der Waals surface area contributed by atoms with Gasteiger partial charge < -0.3 is 15.1 Å². The molecule has 0 saturated carbocycles. The summed E-state index contributed by atoms with van der Waals surface area (Å²) in [5.74, 6) is 1.54. The van der Waals surface area contributed by atoms with Gasteiger partial charge in [-0.15, -0.1) is 10.2 Å². The van der Waals surface area contributed by atoms with Gasteiger partial charge in [0.25, 0.3) is 0 Å². The average Bonchev–Trinajstić information content (AvgIpc) is 3.34. The zero-order valence-corrected chi connectivity index (χ0v) is 20.5. The number of urea groups is 1. The lowest BCUT2D eigenvalue weighted by Gasteiger charge is -2.35. The molecule has 5 aromatic rings. The molecule has 1 aliphatic heterocycles. The second-order valence-corrected chi connectivity index (χ2v) is 9.28. The first-order chi connectivity index (χ1) is 17.6. The molecule has 2 amide bonds. The lowest BCUT2D eigenvalue weighted by atomic mass is 10.1. The van der Waals surface area contributed by atoms with Crippen LogP contribution < -0.4 is 10.2 Å². The number of aromatic nitrogens is 4. The van der Waals surface area contributed by atoms with E-state index in [1.807, 2.05) is 57.8 Å². The SMILES string of the molecule is Cc1ccccc1-c1nnc2c3ccccc3nc(N3CCN(C(=O)Nc4cccc(Cl)c4)CC3)n12. The number of nitrogens with one attached hydrogen (secondary N) is 1. The van der Waals surface area contributed by atoms with Crippen LogP contribution in [0.4, 0.5) is 16.4 Å². The van der Waals surface area contributed by atoms with Crippen molar-refractivity contribution < 1.29 is 4.79 Å². The minimum atomic E-state index is -0.140. The molecule has 0 aliphatic carbocycles. The predicted molar refractivity (Wildman–Crippen MR) is 143 cm³/mol. The van der Waals surface area contributed by atoms with Gasteiger partial charge in [0.1, 0.15) is 0 Å². The number of carbonyl (C=O) groups excluding carboxylic acids is 1. The smallest absolute Gasteiger partial charge is 0.321 e. The molecule has 3 heterocycles. The fourth-order valence-corrected chi connectivity index (χ4v) is 4.85. The second kappa shape index (κ2) is 9.13. The summed E-state index contributed by atoms with van der Waals surface area (Å²) in [6.07, 6.45) is 0. The number of hydrogen-bond donors (Lipinski definition) is 1. The fourth-order valence-electron chi connectivity index (χ4n) is 4.65. The van der Waals surface area contributed by atoms with Crippen LogP contribution in [-0.4, -0.2) is 56.7 Å². The lowest BCUT2D eigenvalue weighted by molar-refractivity contribution is 0.208. The molecule has 9 heteroatoms. The van der Waals surface area contributed by atoms with Gasteiger partial charge in [-0.1, -0.05) is 54.1 Å². The normalized spacial score (nSPS) is 13.9. The quantitative estimate of drug-likeness (QED) is 0.368. The zero-order chi connectivity index (χ0) is 24.6. The second-order valence-electron chi connectivity index (χ2n) is 8.84. The molecule has 36 heavy (non-hydrogen) atoms. The number of amides is 2. The highest BCUT2D eigenvalue weighted by molar-refractivity contribution is 6.30. The van der Waals surface area contributed by atoms with Crippen LogP contribution in [0.1, 0.15) is 5.56 Å². The van der Waals surface area contributed by atoms with Gasteiger partial charge in [-0.3, -0.25) is 0 Å². The Hall–Kier alpha value is -4.17. The molecule has 0 atom stereocenters. The highest BCUT2D eigenvalue weighted by Gasteiger charge is 2.26. The fraction of sp³-hybridized carbons (Fsp3) is 0.185. The van der Waals surface area contributed by atoms with Crippen LogP contribution in [0.5, 0.6) is 0 Å². The van der Waals surface area contributed by atoms with E-state index in [0.29, 0.717) is 36.9 Å². The van der Waals surface area contributed by atoms with E-state index in [1.54, 1.807) is 12.1 Å². The molecule has 1 aliphatic rings. The summed E-state index contributed by atoms with van der Waals surface area (Å²) < 4.78 is 2.05. The molecule has 2 aromatic heterocycles. The Labute approximate surface area is 213 Å². The number of nitrogens with zero attached hydrogens (tertiary/aromatic N) is 6. The predicted octanol–water partition coefficient (Wildman–Crippen LogP) is 5.26. The maximum atomic E-state index is 12.9. The maximum Gasteiger partial charge on any atom is 0.321 e. The molecule has 0 radical (unpaired) electrons. The number of rotatable bonds is 3. The van der Waals surface area contributed by atoms with Crippen LogP contribution in [0.15, 0.2) is 72.8 Å². The highest BCUT2D eigenvalue weighted by Crippen LogP contribution is 2.30. The standard InChI is InChI=1S/C27H24ClN7O/c1-18-7-2-3-10-21(18)24-31-32-25-22-11-4-5-12-23(22)30-26(35(24)25)33-13-15-34(16-14-33)27(36)29-20-9-6-8-19(28)17-20/h2-12,17H,13-16H2,1H3,(H,29,36). The van der Waals surface area contributed by atoms with E-state index in [1.165, 1.54) is 0 Å². The number of para-hydroxylation sites is 1. The number of aryl methyl sites for hydroxylation is 1. The lowest BCUT2D eigenvalue weighted by Crippen LogP contribution is -2.50. The number of fused-ring (bicyclic) bond motifs is 3. The van der Waals surface area contributed by atoms with Crippen molar-refractivity contribution in [2.24, 2.45) is 0 Å². The third-order valence-corrected chi connectivity index (χ3v) is 6.78. The van der Waals surface area contributed by atoms with E-state index in [2.05, 4.69) is 39.5 Å². The molecule has 1 N–H and O–H groups in total. The van der Waals surface area contributed by atoms with Crippen molar-refractivity contribution in [3.63, 3.8) is 0 Å². The highest BCUT2D eigenvalue weighted by atomic mass is 35.5. The maximum absolute atomic E-state index is 12.9. The summed E-state index contributed by atoms with van der Waals surface area (Å²) in [4.78, 5) is 21.9. The van der Waals surface area contributed by atoms with Crippen LogP contribution in [0, 0.1) is 6.92 Å². The van der Waals surface area contributed by atoms with Crippen molar-refractivity contribution in [1.29, 1.82) is 0 Å². The van der Waals surface area contributed by atoms with Gasteiger partial charge in [-0.2, -0.15) is 0 Å². The van der Waals surface area contributed by atoms with E-state index in [-0.39, 0.29) is 6.03 Å². The average molecular weight is 498 g/mol. The van der Waals surface area contributed by atoms with Crippen molar-refractivity contribution in [3.8, 4) is 11.4 Å². The first-order valence-corrected chi connectivity index (χ1v) is 12.2. The van der Waals surface area contributed by atoms with Gasteiger partial charge in [0.15, 0.2) is 11.5 Å². The number of halogens is 1. The summed E-state index contributed by atoms with van der Waals surface area (Å²) in [5.41, 5.74) is 4.45. The first-order valence-electron chi connectivity index (χ1n) is 11.8. The molecule has 8 nitrogen and oxygen atoms in total. The molecule has 0 bridgehead atoms. The number of benzene rings is 3. The number of hydrogen-bond acceptors (Lipinski definition) is 5. The Kier molecular flexibility index (Phi) is 5.65. The van der Waals surface area contributed by atoms with Gasteiger partial charge in [-0.05, 0) is 42.8 Å². The topological polar surface area (TPSA) is 78.7 Å². The Bertz CT molecular complexity index is 1590. The Morgan fingerprint density at radius 2 is 1.69 bits per heavy atom. The number of carbonyl (C=O) groups is 1. The van der Waals surface area contributed by atoms with E-state index in [4.69, 9.17) is 16.6 Å². The minimum Gasteiger partial charge on any atom is -0.338 e. The molecular weight excluding hydrogens is 474 g/mol. The van der Waals surface area contributed by atoms with Gasteiger partial charge in [-0.25, -0.2) is 14.2 Å². The Morgan fingerprint density at radius 3 is 2.50 bits per heavy atom. The monoisotopic (exact) mass is 497 g/mol. The molecule has 0 spiro atoms. The summed E-state index contributed by atoms with van der Waals surface area (Å²) in [6, 6.07) is 23.2. The molecule has 6 rings (SSSR count). The molecule has 0 unspecified atom stereocenters. The number of piperazine rings is 1. The largest absolute Gasteiger partial charge is 0.338 e. The van der Waals surface area contributed by atoms with E-state index >= 15 is 0 Å². The number of anilines is 2. The first kappa shape index (κ1) is 22.3. The van der Waals surface area contributed by atoms with Crippen LogP contribution in [0.25, 0.3) is 27.9 Å². The van der Waals surface area contributed by atoms with Crippen molar-refractivity contribution in [3.05, 3.63) is 83.4 Å². The van der Waals surface area contributed by atoms with E-state index in [0.717, 1.165) is 39.4 Å². The Morgan fingerprint density at radius 1 is 0.917 bits per heavy atom. The van der Waals surface area contributed by atoms with Gasteiger partial charge >= 0.3 is 6.03 Å². The molecule has 180 valence electrons. The van der Waals surface area contributed by atoms with Crippen LogP contribution in [0.2, 0.25) is 5.02 Å². The molecule has 1 fully saturated rings. The van der Waals surface area contributed by atoms with E-state index < -0.39 is 0 Å². The molecule has 1 saturated heterocycles. The van der Waals surface area contributed by atoms with Crippen molar-refractivity contribution in [2.75, 3.05) is 36.4 Å². The van der Waals surface area contributed by atoms with Gasteiger partial charge in [0.05, 0.1) is 5.52 Å². The van der Waals surface area contributed by atoms with Gasteiger partial charge in [0.2, 0.25) is 5.95 Å². The van der Waals surface area contributed by atoms with Gasteiger partial charge in [0, 0.05) is 47.8 Å². The Balaban J connectivity index is 1.33. The van der Waals surface area contributed by atoms with Crippen LogP contribution >= 0.6 is 11.6 Å². The van der Waals surface area contributed by atoms with Crippen molar-refractivity contribution >= 4 is 45.8 Å². The molecular formula is C27H24ClN7O. The molecule has 3 aromatic carbocycles. The van der Waals surface area contributed by atoms with Crippen molar-refractivity contribution in [2.45, 2.75) is 6.92 Å². The van der Waals surface area contributed by atoms with Crippen LogP contribution in [0.3, 0.4) is 0 Å². The van der Waals surface area contributed by atoms with Crippen LogP contribution in [-0.2, 0) is 0 Å². The summed E-state index contributed by atoms with van der Waals surface area (Å²) in [5, 5.41) is 13.6. The third kappa shape index (κ3) is 3.99.